The average Bonchev–Trinajstić information content (AvgIpc) is 2.07. The molecule has 1 aromatic rings. The van der Waals surface area contributed by atoms with Crippen LogP contribution >= 0.6 is 7.92 Å². The minimum atomic E-state index is -2.19. The molecule has 0 aliphatic carbocycles. The molecule has 11 heavy (non-hydrogen) atoms. The zero-order valence-electron chi connectivity index (χ0n) is 5.68. The highest BCUT2D eigenvalue weighted by atomic mass is 31.1. The molecule has 1 atom stereocenters. The first-order valence-corrected chi connectivity index (χ1v) is 3.90. The smallest absolute Gasteiger partial charge is 0.399 e. The highest BCUT2D eigenvalue weighted by Crippen LogP contribution is 2.23. The van der Waals surface area contributed by atoms with Crippen molar-refractivity contribution in [1.82, 2.24) is 9.31 Å². The third-order valence-electron chi connectivity index (χ3n) is 1.23. The van der Waals surface area contributed by atoms with Gasteiger partial charge in [0, 0.05) is 7.05 Å². The fourth-order valence-corrected chi connectivity index (χ4v) is 1.61. The molecule has 1 rings (SSSR count). The fraction of sp³-hybridized carbons (Fsp3) is 0.250. The van der Waals surface area contributed by atoms with Crippen LogP contribution in [-0.2, 0) is 7.05 Å². The molecule has 0 spiro atoms. The number of hydrogen-bond donors (Lipinski definition) is 2. The van der Waals surface area contributed by atoms with Crippen LogP contribution < -0.4 is 10.6 Å². The number of carboxylic acid groups (broad SMARTS) is 1. The summed E-state index contributed by atoms with van der Waals surface area (Å²) in [6, 6.07) is 0. The van der Waals surface area contributed by atoms with E-state index in [4.69, 9.17) is 10.8 Å². The highest BCUT2D eigenvalue weighted by molar-refractivity contribution is 7.40. The maximum Gasteiger partial charge on any atom is 0.399 e. The number of aromatic carboxylic acids is 1. The van der Waals surface area contributed by atoms with Gasteiger partial charge in [-0.2, -0.15) is 0 Å². The summed E-state index contributed by atoms with van der Waals surface area (Å²) in [5, 5.41) is 8.48. The molecule has 1 heterocycles. The Morgan fingerprint density at radius 1 is 1.91 bits per heavy atom. The van der Waals surface area contributed by atoms with Crippen LogP contribution in [0.2, 0.25) is 0 Å². The summed E-state index contributed by atoms with van der Waals surface area (Å²) >= 11 is 0. The Labute approximate surface area is 63.1 Å². The first-order valence-electron chi connectivity index (χ1n) is 2.69. The molecule has 0 saturated carbocycles. The van der Waals surface area contributed by atoms with E-state index in [1.165, 1.54) is 7.05 Å². The van der Waals surface area contributed by atoms with Crippen molar-refractivity contribution in [3.05, 3.63) is 5.43 Å². The van der Waals surface area contributed by atoms with E-state index < -0.39 is 13.9 Å². The van der Waals surface area contributed by atoms with E-state index in [1.54, 1.807) is 0 Å². The Morgan fingerprint density at radius 3 is 2.64 bits per heavy atom. The molecule has 60 valence electrons. The molecule has 0 amide bonds. The van der Waals surface area contributed by atoms with Gasteiger partial charge in [0.05, 0.1) is 0 Å². The Bertz CT molecular complexity index is 308. The van der Waals surface area contributed by atoms with Gasteiger partial charge < -0.3 is 15.7 Å². The normalized spacial score (nSPS) is 11.6. The van der Waals surface area contributed by atoms with Gasteiger partial charge in [-0.1, -0.05) is 0 Å². The molecule has 7 heteroatoms. The number of nitrogens with zero attached hydrogens (tertiary/aromatic N) is 2. The lowest BCUT2D eigenvalue weighted by molar-refractivity contribution is -0.152. The highest BCUT2D eigenvalue weighted by Gasteiger charge is 2.23. The molecule has 0 radical (unpaired) electrons. The van der Waals surface area contributed by atoms with Crippen LogP contribution in [0, 0.1) is 0 Å². The summed E-state index contributed by atoms with van der Waals surface area (Å²) in [7, 11) is -0.785. The number of carboxylic acids is 1. The minimum Gasteiger partial charge on any atom is -0.606 e. The van der Waals surface area contributed by atoms with Crippen LogP contribution in [0.1, 0.15) is 10.2 Å². The van der Waals surface area contributed by atoms with Gasteiger partial charge in [-0.25, -0.2) is 4.79 Å². The molecule has 0 fully saturated rings. The van der Waals surface area contributed by atoms with Gasteiger partial charge in [0.15, 0.2) is 0 Å². The lowest BCUT2D eigenvalue weighted by Crippen LogP contribution is -2.07. The van der Waals surface area contributed by atoms with Crippen LogP contribution in [0.3, 0.4) is 0 Å². The van der Waals surface area contributed by atoms with Crippen LogP contribution in [0.5, 0.6) is 0 Å². The number of nitrogen functional groups attached to an aromatic ring is 1. The summed E-state index contributed by atoms with van der Waals surface area (Å²) < 4.78 is 4.48. The SMILES string of the molecule is Cn1c(N)n[p+]([O-])c1C(=O)O. The van der Waals surface area contributed by atoms with Gasteiger partial charge in [-0.05, 0) is 4.75 Å². The van der Waals surface area contributed by atoms with Crippen molar-refractivity contribution in [2.45, 2.75) is 0 Å². The first-order chi connectivity index (χ1) is 5.04. The van der Waals surface area contributed by atoms with Gasteiger partial charge in [-0.15, -0.1) is 0 Å². The van der Waals surface area contributed by atoms with E-state index >= 15 is 0 Å². The topological polar surface area (TPSA) is 104 Å². The Balaban J connectivity index is 3.34. The monoisotopic (exact) mass is 175 g/mol. The second kappa shape index (κ2) is 2.48. The molecule has 0 aliphatic heterocycles. The maximum atomic E-state index is 10.9. The van der Waals surface area contributed by atoms with Crippen molar-refractivity contribution in [2.24, 2.45) is 7.05 Å². The third kappa shape index (κ3) is 1.18. The van der Waals surface area contributed by atoms with E-state index in [0.29, 0.717) is 0 Å². The lowest BCUT2D eigenvalue weighted by atomic mass is 10.7. The summed E-state index contributed by atoms with van der Waals surface area (Å²) in [6.45, 7) is 0. The zero-order chi connectivity index (χ0) is 8.59. The van der Waals surface area contributed by atoms with E-state index in [9.17, 15) is 9.69 Å². The molecular weight excluding hydrogens is 169 g/mol. The van der Waals surface area contributed by atoms with Crippen LogP contribution in [0.15, 0.2) is 0 Å². The number of nitrogens with two attached hydrogens (primary N) is 1. The largest absolute Gasteiger partial charge is 0.606 e. The van der Waals surface area contributed by atoms with Gasteiger partial charge >= 0.3 is 11.4 Å². The zero-order valence-corrected chi connectivity index (χ0v) is 6.58. The van der Waals surface area contributed by atoms with Crippen molar-refractivity contribution in [3.63, 3.8) is 0 Å². The summed E-state index contributed by atoms with van der Waals surface area (Å²) in [5.74, 6) is -1.28. The third-order valence-corrected chi connectivity index (χ3v) is 2.47. The van der Waals surface area contributed by atoms with Crippen molar-refractivity contribution in [3.8, 4) is 0 Å². The summed E-state index contributed by atoms with van der Waals surface area (Å²) in [5.41, 5.74) is 4.94. The van der Waals surface area contributed by atoms with E-state index in [2.05, 4.69) is 4.75 Å². The number of hydrogen-bond acceptors (Lipinski definition) is 4. The van der Waals surface area contributed by atoms with Crippen molar-refractivity contribution < 1.29 is 14.8 Å². The lowest BCUT2D eigenvalue weighted by Gasteiger charge is -1.91. The summed E-state index contributed by atoms with van der Waals surface area (Å²) in [6.07, 6.45) is 0. The van der Waals surface area contributed by atoms with Crippen molar-refractivity contribution in [1.29, 1.82) is 0 Å². The Hall–Kier alpha value is -1.13. The Morgan fingerprint density at radius 2 is 2.45 bits per heavy atom. The van der Waals surface area contributed by atoms with E-state index in [1.807, 2.05) is 0 Å². The van der Waals surface area contributed by atoms with Crippen LogP contribution in [0.25, 0.3) is 0 Å². The number of anilines is 1. The molecule has 0 aliphatic rings. The summed E-state index contributed by atoms with van der Waals surface area (Å²) in [4.78, 5) is 21.2. The first kappa shape index (κ1) is 7.97. The minimum absolute atomic E-state index is 0.0245. The number of aromatic nitrogens is 2. The molecule has 0 bridgehead atoms. The Kier molecular flexibility index (Phi) is 1.80. The molecule has 0 saturated heterocycles. The second-order valence-electron chi connectivity index (χ2n) is 1.92. The van der Waals surface area contributed by atoms with Gasteiger partial charge in [0.25, 0.3) is 0 Å². The van der Waals surface area contributed by atoms with Crippen LogP contribution in [-0.4, -0.2) is 20.4 Å². The van der Waals surface area contributed by atoms with Crippen molar-refractivity contribution in [2.75, 3.05) is 5.73 Å². The molecule has 6 nitrogen and oxygen atoms in total. The number of carbonyl (C=O) groups is 1. The van der Waals surface area contributed by atoms with Gasteiger partial charge in [-0.3, -0.25) is 4.57 Å². The maximum absolute atomic E-state index is 10.9. The fourth-order valence-electron chi connectivity index (χ4n) is 0.670. The van der Waals surface area contributed by atoms with Crippen molar-refractivity contribution >= 4 is 19.8 Å². The van der Waals surface area contributed by atoms with E-state index in [-0.39, 0.29) is 11.4 Å². The van der Waals surface area contributed by atoms with Gasteiger partial charge in [0.1, 0.15) is 0 Å². The molecular formula is C4H6N3O3P. The molecule has 0 aromatic carbocycles. The van der Waals surface area contributed by atoms with Crippen LogP contribution in [0.4, 0.5) is 5.95 Å². The molecule has 3 N–H and O–H groups in total. The van der Waals surface area contributed by atoms with Gasteiger partial charge in [0.2, 0.25) is 13.9 Å². The predicted octanol–water partition coefficient (Wildman–Crippen LogP) is -0.908. The molecule has 1 unspecified atom stereocenters. The second-order valence-corrected chi connectivity index (χ2v) is 3.09. The predicted molar refractivity (Wildman–Crippen MR) is 37.1 cm³/mol. The standard InChI is InChI=1S/C4H6N3O3P/c1-7-2(3(8)9)11(10)6-4(7)5/h1H3,(H2,5,6)(H,8,9). The van der Waals surface area contributed by atoms with E-state index in [0.717, 1.165) is 4.57 Å². The average molecular weight is 175 g/mol. The number of rotatable bonds is 1. The quantitative estimate of drug-likeness (QED) is 0.575. The molecule has 1 aromatic heterocycles.